The number of aromatic amines is 2. The van der Waals surface area contributed by atoms with Crippen LogP contribution in [0.5, 0.6) is 0 Å². The SMILES string of the molecule is NCC(=O)OC1CC(OC(=O)CN)[C@H](OC(=O)Cc2c[nH]c3ccccc23)[C@@H]1OC(=O)Cc1c[nH]c2ccccc12. The first-order valence-electron chi connectivity index (χ1n) is 13.1. The highest BCUT2D eigenvalue weighted by molar-refractivity contribution is 5.88. The summed E-state index contributed by atoms with van der Waals surface area (Å²) in [6.07, 6.45) is -1.58. The lowest BCUT2D eigenvalue weighted by Crippen LogP contribution is -2.43. The number of carbonyl (C=O) groups is 4. The first-order chi connectivity index (χ1) is 19.9. The number of ether oxygens (including phenoxy) is 4. The van der Waals surface area contributed by atoms with Crippen molar-refractivity contribution in [3.05, 3.63) is 72.1 Å². The average molecular weight is 563 g/mol. The van der Waals surface area contributed by atoms with Crippen LogP contribution in [-0.2, 0) is 51.0 Å². The van der Waals surface area contributed by atoms with Gasteiger partial charge in [-0.25, -0.2) is 0 Å². The van der Waals surface area contributed by atoms with E-state index in [2.05, 4.69) is 9.97 Å². The second kappa shape index (κ2) is 12.2. The van der Waals surface area contributed by atoms with Crippen molar-refractivity contribution in [2.75, 3.05) is 13.1 Å². The van der Waals surface area contributed by atoms with Crippen molar-refractivity contribution in [1.29, 1.82) is 0 Å². The van der Waals surface area contributed by atoms with Crippen LogP contribution < -0.4 is 11.5 Å². The molecule has 12 nitrogen and oxygen atoms in total. The molecule has 41 heavy (non-hydrogen) atoms. The van der Waals surface area contributed by atoms with E-state index < -0.39 is 61.4 Å². The maximum Gasteiger partial charge on any atom is 0.320 e. The van der Waals surface area contributed by atoms with Gasteiger partial charge in [0.15, 0.2) is 12.2 Å². The number of carbonyl (C=O) groups excluding carboxylic acids is 4. The summed E-state index contributed by atoms with van der Waals surface area (Å²) in [4.78, 5) is 56.8. The number of hydrogen-bond donors (Lipinski definition) is 4. The fourth-order valence-electron chi connectivity index (χ4n) is 5.12. The highest BCUT2D eigenvalue weighted by atomic mass is 16.6. The molecule has 214 valence electrons. The molecule has 0 aliphatic heterocycles. The van der Waals surface area contributed by atoms with Gasteiger partial charge < -0.3 is 40.4 Å². The fraction of sp³-hybridized carbons (Fsp3) is 0.310. The molecule has 0 bridgehead atoms. The van der Waals surface area contributed by atoms with Crippen LogP contribution in [0.1, 0.15) is 17.5 Å². The molecule has 1 aliphatic rings. The van der Waals surface area contributed by atoms with Gasteiger partial charge in [0.1, 0.15) is 12.2 Å². The fourth-order valence-corrected chi connectivity index (χ4v) is 5.12. The van der Waals surface area contributed by atoms with Crippen molar-refractivity contribution in [3.63, 3.8) is 0 Å². The van der Waals surface area contributed by atoms with Crippen molar-refractivity contribution < 1.29 is 38.1 Å². The van der Waals surface area contributed by atoms with Gasteiger partial charge in [-0.05, 0) is 23.3 Å². The number of nitrogens with two attached hydrogens (primary N) is 2. The van der Waals surface area contributed by atoms with Crippen molar-refractivity contribution in [1.82, 2.24) is 9.97 Å². The minimum atomic E-state index is -1.26. The lowest BCUT2D eigenvalue weighted by molar-refractivity contribution is -0.182. The van der Waals surface area contributed by atoms with E-state index in [1.54, 1.807) is 12.4 Å². The number of rotatable bonds is 10. The van der Waals surface area contributed by atoms with Gasteiger partial charge in [-0.15, -0.1) is 0 Å². The summed E-state index contributed by atoms with van der Waals surface area (Å²) in [5.74, 6) is -2.83. The zero-order chi connectivity index (χ0) is 28.9. The molecule has 2 aromatic carbocycles. The lowest BCUT2D eigenvalue weighted by atomic mass is 10.1. The molecule has 6 N–H and O–H groups in total. The summed E-state index contributed by atoms with van der Waals surface area (Å²) in [5, 5.41) is 1.69. The molecule has 4 atom stereocenters. The van der Waals surface area contributed by atoms with E-state index in [4.69, 9.17) is 30.4 Å². The molecule has 4 aromatic rings. The van der Waals surface area contributed by atoms with Gasteiger partial charge in [-0.2, -0.15) is 0 Å². The summed E-state index contributed by atoms with van der Waals surface area (Å²) >= 11 is 0. The largest absolute Gasteiger partial charge is 0.457 e. The molecule has 2 unspecified atom stereocenters. The Hall–Kier alpha value is -4.68. The van der Waals surface area contributed by atoms with Gasteiger partial charge in [0.05, 0.1) is 25.9 Å². The summed E-state index contributed by atoms with van der Waals surface area (Å²) in [5.41, 5.74) is 14.0. The van der Waals surface area contributed by atoms with Gasteiger partial charge in [0, 0.05) is 40.6 Å². The Balaban J connectivity index is 1.38. The van der Waals surface area contributed by atoms with Crippen molar-refractivity contribution >= 4 is 45.7 Å². The molecule has 5 rings (SSSR count). The van der Waals surface area contributed by atoms with Gasteiger partial charge in [-0.3, -0.25) is 19.2 Å². The highest BCUT2D eigenvalue weighted by Crippen LogP contribution is 2.32. The number of hydrogen-bond acceptors (Lipinski definition) is 10. The van der Waals surface area contributed by atoms with Crippen LogP contribution in [0.4, 0.5) is 0 Å². The Labute approximate surface area is 234 Å². The number of nitrogens with one attached hydrogen (secondary N) is 2. The van der Waals surface area contributed by atoms with Crippen LogP contribution >= 0.6 is 0 Å². The van der Waals surface area contributed by atoms with E-state index >= 15 is 0 Å². The number of benzene rings is 2. The third-order valence-electron chi connectivity index (χ3n) is 6.97. The molecule has 1 saturated carbocycles. The monoisotopic (exact) mass is 562 g/mol. The van der Waals surface area contributed by atoms with Gasteiger partial charge in [0.25, 0.3) is 0 Å². The first kappa shape index (κ1) is 27.9. The van der Waals surface area contributed by atoms with Gasteiger partial charge in [0.2, 0.25) is 0 Å². The summed E-state index contributed by atoms with van der Waals surface area (Å²) in [6.45, 7) is -0.852. The van der Waals surface area contributed by atoms with Crippen LogP contribution in [0.2, 0.25) is 0 Å². The van der Waals surface area contributed by atoms with E-state index in [0.717, 1.165) is 21.8 Å². The molecular formula is C29H30N4O8. The zero-order valence-corrected chi connectivity index (χ0v) is 22.0. The highest BCUT2D eigenvalue weighted by Gasteiger charge is 2.52. The maximum absolute atomic E-state index is 13.2. The molecule has 2 aromatic heterocycles. The van der Waals surface area contributed by atoms with Crippen LogP contribution in [-0.4, -0.2) is 71.4 Å². The summed E-state index contributed by atoms with van der Waals surface area (Å²) in [6, 6.07) is 14.9. The third kappa shape index (κ3) is 6.23. The third-order valence-corrected chi connectivity index (χ3v) is 6.97. The molecule has 0 saturated heterocycles. The smallest absolute Gasteiger partial charge is 0.320 e. The molecular weight excluding hydrogens is 532 g/mol. The lowest BCUT2D eigenvalue weighted by Gasteiger charge is -2.26. The second-order valence-corrected chi connectivity index (χ2v) is 9.68. The Morgan fingerprint density at radius 3 is 1.46 bits per heavy atom. The molecule has 0 amide bonds. The quantitative estimate of drug-likeness (QED) is 0.162. The summed E-state index contributed by atoms with van der Waals surface area (Å²) < 4.78 is 22.4. The van der Waals surface area contributed by atoms with Crippen molar-refractivity contribution in [2.24, 2.45) is 11.5 Å². The van der Waals surface area contributed by atoms with E-state index in [1.807, 2.05) is 48.5 Å². The standard InChI is InChI=1S/C29H30N4O8/c30-12-26(36)38-22-11-23(39-27(37)13-31)29(41-25(35)10-17-15-33-21-8-4-2-6-19(17)21)28(22)40-24(34)9-16-14-32-20-7-3-1-5-18(16)20/h1-8,14-15,22-23,28-29,32-33H,9-13,30-31H2/t22?,23?,28-,29+. The van der Waals surface area contributed by atoms with E-state index in [0.29, 0.717) is 11.1 Å². The molecule has 0 radical (unpaired) electrons. The number of aromatic nitrogens is 2. The van der Waals surface area contributed by atoms with Crippen molar-refractivity contribution in [2.45, 2.75) is 43.7 Å². The van der Waals surface area contributed by atoms with Gasteiger partial charge in [-0.1, -0.05) is 36.4 Å². The number of para-hydroxylation sites is 2. The Morgan fingerprint density at radius 1 is 0.634 bits per heavy atom. The van der Waals surface area contributed by atoms with Crippen LogP contribution in [0.3, 0.4) is 0 Å². The van der Waals surface area contributed by atoms with Crippen LogP contribution in [0.15, 0.2) is 60.9 Å². The minimum absolute atomic E-state index is 0.0897. The number of H-pyrrole nitrogens is 2. The Morgan fingerprint density at radius 2 is 1.05 bits per heavy atom. The maximum atomic E-state index is 13.2. The van der Waals surface area contributed by atoms with Gasteiger partial charge >= 0.3 is 23.9 Å². The molecule has 0 spiro atoms. The van der Waals surface area contributed by atoms with Crippen LogP contribution in [0, 0.1) is 0 Å². The average Bonchev–Trinajstić information content (AvgIpc) is 3.65. The van der Waals surface area contributed by atoms with E-state index in [9.17, 15) is 19.2 Å². The normalized spacial score (nSPS) is 20.1. The molecule has 1 aliphatic carbocycles. The minimum Gasteiger partial charge on any atom is -0.457 e. The predicted octanol–water partition coefficient (Wildman–Crippen LogP) is 1.40. The Kier molecular flexibility index (Phi) is 8.31. The summed E-state index contributed by atoms with van der Waals surface area (Å²) in [7, 11) is 0. The van der Waals surface area contributed by atoms with E-state index in [1.165, 1.54) is 0 Å². The van der Waals surface area contributed by atoms with Crippen molar-refractivity contribution in [3.8, 4) is 0 Å². The second-order valence-electron chi connectivity index (χ2n) is 9.68. The zero-order valence-electron chi connectivity index (χ0n) is 22.0. The topological polar surface area (TPSA) is 189 Å². The molecule has 12 heteroatoms. The van der Waals surface area contributed by atoms with Crippen LogP contribution in [0.25, 0.3) is 21.8 Å². The Bertz CT molecular complexity index is 1460. The predicted molar refractivity (Wildman–Crippen MR) is 146 cm³/mol. The first-order valence-corrected chi connectivity index (χ1v) is 13.1. The number of esters is 4. The number of fused-ring (bicyclic) bond motifs is 2. The molecule has 2 heterocycles. The molecule has 1 fully saturated rings. The van der Waals surface area contributed by atoms with E-state index in [-0.39, 0.29) is 19.3 Å².